The summed E-state index contributed by atoms with van der Waals surface area (Å²) in [6.07, 6.45) is 0. The lowest BCUT2D eigenvalue weighted by atomic mass is 9.84. The summed E-state index contributed by atoms with van der Waals surface area (Å²) in [5.41, 5.74) is -0.398. The molecule has 0 unspecified atom stereocenters. The fraction of sp³-hybridized carbons (Fsp3) is 0.455. The van der Waals surface area contributed by atoms with Gasteiger partial charge in [0, 0.05) is 11.0 Å². The Morgan fingerprint density at radius 1 is 1.21 bits per heavy atom. The quantitative estimate of drug-likeness (QED) is 0.777. The van der Waals surface area contributed by atoms with Crippen LogP contribution in [-0.2, 0) is 5.41 Å². The molecule has 0 saturated carbocycles. The van der Waals surface area contributed by atoms with Crippen molar-refractivity contribution >= 4 is 0 Å². The van der Waals surface area contributed by atoms with Gasteiger partial charge in [-0.05, 0) is 24.6 Å². The normalized spacial score (nSPS) is 11.9. The van der Waals surface area contributed by atoms with Crippen molar-refractivity contribution in [2.45, 2.75) is 26.2 Å². The summed E-state index contributed by atoms with van der Waals surface area (Å²) in [4.78, 5) is 0. The van der Waals surface area contributed by atoms with Crippen LogP contribution in [0.1, 0.15) is 25.0 Å². The average Bonchev–Trinajstić information content (AvgIpc) is 2.01. The van der Waals surface area contributed by atoms with E-state index in [2.05, 4.69) is 0 Å². The van der Waals surface area contributed by atoms with Crippen molar-refractivity contribution in [3.63, 3.8) is 0 Å². The number of rotatable bonds is 2. The molecule has 0 aliphatic carbocycles. The van der Waals surface area contributed by atoms with E-state index in [-0.39, 0.29) is 12.2 Å². The van der Waals surface area contributed by atoms with Gasteiger partial charge in [0.25, 0.3) is 0 Å². The van der Waals surface area contributed by atoms with Crippen LogP contribution < -0.4 is 0 Å². The van der Waals surface area contributed by atoms with E-state index in [1.165, 1.54) is 12.1 Å². The Bertz CT molecular complexity index is 322. The van der Waals surface area contributed by atoms with Crippen LogP contribution in [0.15, 0.2) is 12.1 Å². The number of hydrogen-bond donors (Lipinski definition) is 1. The molecule has 3 heteroatoms. The van der Waals surface area contributed by atoms with E-state index in [9.17, 15) is 8.78 Å². The third-order valence-electron chi connectivity index (χ3n) is 2.26. The third kappa shape index (κ3) is 1.93. The maximum atomic E-state index is 13.4. The number of hydrogen-bond acceptors (Lipinski definition) is 1. The average molecular weight is 200 g/mol. The maximum Gasteiger partial charge on any atom is 0.130 e. The second-order valence-electron chi connectivity index (χ2n) is 4.15. The van der Waals surface area contributed by atoms with Gasteiger partial charge >= 0.3 is 0 Å². The van der Waals surface area contributed by atoms with Gasteiger partial charge in [-0.2, -0.15) is 0 Å². The van der Waals surface area contributed by atoms with E-state index in [0.29, 0.717) is 5.56 Å². The first kappa shape index (κ1) is 11.1. The summed E-state index contributed by atoms with van der Waals surface area (Å²) in [5.74, 6) is -1.19. The van der Waals surface area contributed by atoms with E-state index in [0.717, 1.165) is 0 Å². The lowest BCUT2D eigenvalue weighted by Gasteiger charge is -2.23. The van der Waals surface area contributed by atoms with E-state index < -0.39 is 17.0 Å². The predicted octanol–water partition coefficient (Wildman–Crippen LogP) is 2.54. The lowest BCUT2D eigenvalue weighted by Crippen LogP contribution is -2.25. The Kier molecular flexibility index (Phi) is 2.90. The molecule has 1 rings (SSSR count). The van der Waals surface area contributed by atoms with Crippen LogP contribution in [0.4, 0.5) is 8.78 Å². The minimum absolute atomic E-state index is 0.0504. The molecule has 78 valence electrons. The van der Waals surface area contributed by atoms with Crippen LogP contribution in [0.3, 0.4) is 0 Å². The van der Waals surface area contributed by atoms with Crippen molar-refractivity contribution in [3.05, 3.63) is 34.9 Å². The van der Waals surface area contributed by atoms with Crippen molar-refractivity contribution < 1.29 is 13.9 Å². The molecule has 0 aliphatic rings. The van der Waals surface area contributed by atoms with E-state index in [1.54, 1.807) is 20.8 Å². The summed E-state index contributed by atoms with van der Waals surface area (Å²) >= 11 is 0. The Labute approximate surface area is 82.4 Å². The fourth-order valence-corrected chi connectivity index (χ4v) is 1.43. The molecule has 0 fully saturated rings. The van der Waals surface area contributed by atoms with E-state index in [1.807, 2.05) is 0 Å². The van der Waals surface area contributed by atoms with Gasteiger partial charge in [0.2, 0.25) is 0 Å². The van der Waals surface area contributed by atoms with Gasteiger partial charge in [-0.25, -0.2) is 8.78 Å². The van der Waals surface area contributed by atoms with Gasteiger partial charge < -0.3 is 5.11 Å². The first-order valence-corrected chi connectivity index (χ1v) is 4.45. The Hall–Kier alpha value is -0.960. The summed E-state index contributed by atoms with van der Waals surface area (Å²) in [7, 11) is 0. The van der Waals surface area contributed by atoms with Crippen molar-refractivity contribution in [2.24, 2.45) is 0 Å². The monoisotopic (exact) mass is 200 g/mol. The fourth-order valence-electron chi connectivity index (χ4n) is 1.43. The Morgan fingerprint density at radius 3 is 2.00 bits per heavy atom. The van der Waals surface area contributed by atoms with Crippen molar-refractivity contribution in [3.8, 4) is 0 Å². The molecule has 0 aromatic heterocycles. The van der Waals surface area contributed by atoms with E-state index >= 15 is 0 Å². The SMILES string of the molecule is Cc1cc(F)c(C(C)(C)CO)c(F)c1. The summed E-state index contributed by atoms with van der Waals surface area (Å²) in [5, 5.41) is 9.03. The molecule has 1 aromatic rings. The number of benzene rings is 1. The molecule has 0 spiro atoms. The smallest absolute Gasteiger partial charge is 0.130 e. The van der Waals surface area contributed by atoms with Crippen LogP contribution in [0.25, 0.3) is 0 Å². The first-order chi connectivity index (χ1) is 6.38. The topological polar surface area (TPSA) is 20.2 Å². The summed E-state index contributed by atoms with van der Waals surface area (Å²) in [6.45, 7) is 4.54. The molecule has 0 heterocycles. The van der Waals surface area contributed by atoms with Crippen LogP contribution in [0.2, 0.25) is 0 Å². The molecule has 1 N–H and O–H groups in total. The number of aliphatic hydroxyl groups is 1. The van der Waals surface area contributed by atoms with Crippen LogP contribution in [0.5, 0.6) is 0 Å². The van der Waals surface area contributed by atoms with Gasteiger partial charge in [0.15, 0.2) is 0 Å². The molecule has 0 amide bonds. The summed E-state index contributed by atoms with van der Waals surface area (Å²) in [6, 6.07) is 2.55. The predicted molar refractivity (Wildman–Crippen MR) is 51.2 cm³/mol. The van der Waals surface area contributed by atoms with Crippen molar-refractivity contribution in [1.29, 1.82) is 0 Å². The zero-order valence-corrected chi connectivity index (χ0v) is 8.56. The molecule has 0 saturated heterocycles. The largest absolute Gasteiger partial charge is 0.395 e. The Morgan fingerprint density at radius 2 is 1.64 bits per heavy atom. The van der Waals surface area contributed by atoms with Gasteiger partial charge in [-0.3, -0.25) is 0 Å². The molecule has 1 aromatic carbocycles. The van der Waals surface area contributed by atoms with Gasteiger partial charge in [0.05, 0.1) is 6.61 Å². The van der Waals surface area contributed by atoms with Crippen LogP contribution in [-0.4, -0.2) is 11.7 Å². The zero-order valence-electron chi connectivity index (χ0n) is 8.56. The van der Waals surface area contributed by atoms with Gasteiger partial charge in [0.1, 0.15) is 11.6 Å². The number of halogens is 2. The summed E-state index contributed by atoms with van der Waals surface area (Å²) < 4.78 is 26.9. The minimum atomic E-state index is -0.887. The standard InChI is InChI=1S/C11H14F2O/c1-7-4-8(12)10(9(13)5-7)11(2,3)6-14/h4-5,14H,6H2,1-3H3. The zero-order chi connectivity index (χ0) is 10.9. The lowest BCUT2D eigenvalue weighted by molar-refractivity contribution is 0.211. The second-order valence-corrected chi connectivity index (χ2v) is 4.15. The van der Waals surface area contributed by atoms with Crippen molar-refractivity contribution in [1.82, 2.24) is 0 Å². The first-order valence-electron chi connectivity index (χ1n) is 4.45. The highest BCUT2D eigenvalue weighted by Gasteiger charge is 2.27. The second kappa shape index (κ2) is 3.65. The molecule has 0 bridgehead atoms. The highest BCUT2D eigenvalue weighted by molar-refractivity contribution is 5.31. The molecule has 0 atom stereocenters. The molecular formula is C11H14F2O. The molecule has 14 heavy (non-hydrogen) atoms. The van der Waals surface area contributed by atoms with Crippen LogP contribution in [0, 0.1) is 18.6 Å². The highest BCUT2D eigenvalue weighted by Crippen LogP contribution is 2.28. The Balaban J connectivity index is 3.35. The molecule has 1 nitrogen and oxygen atoms in total. The molecule has 0 aliphatic heterocycles. The maximum absolute atomic E-state index is 13.4. The minimum Gasteiger partial charge on any atom is -0.395 e. The van der Waals surface area contributed by atoms with Gasteiger partial charge in [-0.15, -0.1) is 0 Å². The molecular weight excluding hydrogens is 186 g/mol. The van der Waals surface area contributed by atoms with Crippen molar-refractivity contribution in [2.75, 3.05) is 6.61 Å². The van der Waals surface area contributed by atoms with E-state index in [4.69, 9.17) is 5.11 Å². The molecule has 0 radical (unpaired) electrons. The van der Waals surface area contributed by atoms with Gasteiger partial charge in [-0.1, -0.05) is 13.8 Å². The number of aryl methyl sites for hydroxylation is 1. The third-order valence-corrected chi connectivity index (χ3v) is 2.26. The number of aliphatic hydroxyl groups excluding tert-OH is 1. The highest BCUT2D eigenvalue weighted by atomic mass is 19.1. The van der Waals surface area contributed by atoms with Crippen LogP contribution >= 0.6 is 0 Å².